The highest BCUT2D eigenvalue weighted by Gasteiger charge is 2.22. The summed E-state index contributed by atoms with van der Waals surface area (Å²) >= 11 is 0. The van der Waals surface area contributed by atoms with Gasteiger partial charge in [0.1, 0.15) is 11.6 Å². The van der Waals surface area contributed by atoms with E-state index in [0.717, 1.165) is 38.9 Å². The highest BCUT2D eigenvalue weighted by molar-refractivity contribution is 5.20. The summed E-state index contributed by atoms with van der Waals surface area (Å²) in [7, 11) is 1.96. The first kappa shape index (κ1) is 17.1. The zero-order valence-electron chi connectivity index (χ0n) is 14.4. The summed E-state index contributed by atoms with van der Waals surface area (Å²) in [5.74, 6) is -0.350. The van der Waals surface area contributed by atoms with E-state index in [4.69, 9.17) is 0 Å². The number of likely N-dealkylation sites (tertiary alicyclic amines) is 1. The molecule has 0 spiro atoms. The quantitative estimate of drug-likeness (QED) is 0.829. The van der Waals surface area contributed by atoms with Gasteiger partial charge in [-0.3, -0.25) is 9.58 Å². The van der Waals surface area contributed by atoms with Gasteiger partial charge in [0.25, 0.3) is 0 Å². The van der Waals surface area contributed by atoms with Gasteiger partial charge in [0.2, 0.25) is 0 Å². The van der Waals surface area contributed by atoms with Crippen LogP contribution in [0.5, 0.6) is 0 Å². The number of hydrogen-bond acceptors (Lipinski definition) is 2. The van der Waals surface area contributed by atoms with E-state index in [-0.39, 0.29) is 5.56 Å². The molecule has 1 fully saturated rings. The van der Waals surface area contributed by atoms with E-state index in [1.807, 2.05) is 17.9 Å². The second kappa shape index (κ2) is 7.43. The Labute approximate surface area is 142 Å². The van der Waals surface area contributed by atoms with Gasteiger partial charge in [-0.05, 0) is 57.2 Å². The number of hydrogen-bond donors (Lipinski definition) is 0. The van der Waals surface area contributed by atoms with Crippen molar-refractivity contribution in [2.24, 2.45) is 13.0 Å². The molecule has 1 aliphatic rings. The Morgan fingerprint density at radius 3 is 2.67 bits per heavy atom. The lowest BCUT2D eigenvalue weighted by Crippen LogP contribution is -2.35. The van der Waals surface area contributed by atoms with E-state index in [1.165, 1.54) is 29.5 Å². The average Bonchev–Trinajstić information content (AvgIpc) is 2.87. The van der Waals surface area contributed by atoms with Crippen LogP contribution < -0.4 is 0 Å². The molecule has 0 unspecified atom stereocenters. The van der Waals surface area contributed by atoms with Crippen molar-refractivity contribution in [3.05, 3.63) is 52.9 Å². The van der Waals surface area contributed by atoms with Crippen LogP contribution in [0.15, 0.2) is 24.4 Å². The molecule has 0 radical (unpaired) electrons. The Kier molecular flexibility index (Phi) is 5.29. The lowest BCUT2D eigenvalue weighted by atomic mass is 9.91. The predicted octanol–water partition coefficient (Wildman–Crippen LogP) is 3.85. The first-order valence-corrected chi connectivity index (χ1v) is 8.67. The fraction of sp³-hybridized carbons (Fsp3) is 0.526. The lowest BCUT2D eigenvalue weighted by Gasteiger charge is -2.32. The Morgan fingerprint density at radius 1 is 1.25 bits per heavy atom. The Bertz CT molecular complexity index is 676. The maximum Gasteiger partial charge on any atom is 0.129 e. The number of nitrogens with zero attached hydrogens (tertiary/aromatic N) is 3. The van der Waals surface area contributed by atoms with Crippen molar-refractivity contribution in [2.45, 2.75) is 39.2 Å². The summed E-state index contributed by atoms with van der Waals surface area (Å²) in [6.45, 7) is 5.07. The SMILES string of the molecule is Cc1c(CN2CCC[C@@H](CCc3c(F)cccc3F)C2)cnn1C. The molecule has 1 aromatic carbocycles. The second-order valence-electron chi connectivity index (χ2n) is 6.86. The Balaban J connectivity index is 1.57. The molecule has 0 amide bonds. The summed E-state index contributed by atoms with van der Waals surface area (Å²) in [5.41, 5.74) is 2.70. The van der Waals surface area contributed by atoms with Crippen LogP contribution in [0.2, 0.25) is 0 Å². The molecular formula is C19H25F2N3. The minimum absolute atomic E-state index is 0.234. The zero-order chi connectivity index (χ0) is 17.1. The molecule has 3 nitrogen and oxygen atoms in total. The van der Waals surface area contributed by atoms with Crippen LogP contribution in [0.1, 0.15) is 36.1 Å². The van der Waals surface area contributed by atoms with Crippen LogP contribution in [0.4, 0.5) is 8.78 Å². The van der Waals surface area contributed by atoms with E-state index >= 15 is 0 Å². The molecule has 1 atom stereocenters. The van der Waals surface area contributed by atoms with Crippen LogP contribution in [0.3, 0.4) is 0 Å². The first-order chi connectivity index (χ1) is 11.5. The minimum atomic E-state index is -0.423. The normalized spacial score (nSPS) is 18.9. The molecular weight excluding hydrogens is 308 g/mol. The summed E-state index contributed by atoms with van der Waals surface area (Å²) < 4.78 is 29.4. The molecule has 3 rings (SSSR count). The third kappa shape index (κ3) is 3.83. The fourth-order valence-electron chi connectivity index (χ4n) is 3.59. The number of aryl methyl sites for hydroxylation is 1. The number of rotatable bonds is 5. The highest BCUT2D eigenvalue weighted by atomic mass is 19.1. The van der Waals surface area contributed by atoms with Crippen LogP contribution in [-0.4, -0.2) is 27.8 Å². The van der Waals surface area contributed by atoms with Gasteiger partial charge < -0.3 is 0 Å². The van der Waals surface area contributed by atoms with E-state index in [1.54, 1.807) is 0 Å². The lowest BCUT2D eigenvalue weighted by molar-refractivity contribution is 0.161. The van der Waals surface area contributed by atoms with Crippen molar-refractivity contribution in [1.82, 2.24) is 14.7 Å². The average molecular weight is 333 g/mol. The van der Waals surface area contributed by atoms with Gasteiger partial charge in [0.05, 0.1) is 6.20 Å². The molecule has 0 saturated carbocycles. The molecule has 0 N–H and O–H groups in total. The minimum Gasteiger partial charge on any atom is -0.299 e. The number of benzene rings is 1. The molecule has 24 heavy (non-hydrogen) atoms. The smallest absolute Gasteiger partial charge is 0.129 e. The Morgan fingerprint density at radius 2 is 2.00 bits per heavy atom. The molecule has 130 valence electrons. The number of aromatic nitrogens is 2. The summed E-state index contributed by atoms with van der Waals surface area (Å²) in [4.78, 5) is 2.44. The van der Waals surface area contributed by atoms with Crippen LogP contribution in [0.25, 0.3) is 0 Å². The maximum absolute atomic E-state index is 13.8. The highest BCUT2D eigenvalue weighted by Crippen LogP contribution is 2.25. The van der Waals surface area contributed by atoms with E-state index in [9.17, 15) is 8.78 Å². The zero-order valence-corrected chi connectivity index (χ0v) is 14.4. The largest absolute Gasteiger partial charge is 0.299 e. The molecule has 0 aliphatic carbocycles. The van der Waals surface area contributed by atoms with Gasteiger partial charge in [-0.15, -0.1) is 0 Å². The number of piperidine rings is 1. The van der Waals surface area contributed by atoms with E-state index in [2.05, 4.69) is 16.9 Å². The summed E-state index contributed by atoms with van der Waals surface area (Å²) in [5, 5.41) is 4.30. The van der Waals surface area contributed by atoms with Gasteiger partial charge in [0, 0.05) is 37.0 Å². The van der Waals surface area contributed by atoms with Crippen molar-refractivity contribution in [3.63, 3.8) is 0 Å². The van der Waals surface area contributed by atoms with Crippen LogP contribution >= 0.6 is 0 Å². The van der Waals surface area contributed by atoms with E-state index < -0.39 is 11.6 Å². The molecule has 2 heterocycles. The van der Waals surface area contributed by atoms with Gasteiger partial charge in [0.15, 0.2) is 0 Å². The molecule has 1 aromatic heterocycles. The molecule has 1 saturated heterocycles. The van der Waals surface area contributed by atoms with Crippen LogP contribution in [-0.2, 0) is 20.0 Å². The van der Waals surface area contributed by atoms with Gasteiger partial charge in [-0.1, -0.05) is 6.07 Å². The van der Waals surface area contributed by atoms with Gasteiger partial charge in [-0.25, -0.2) is 8.78 Å². The van der Waals surface area contributed by atoms with Crippen LogP contribution in [0, 0.1) is 24.5 Å². The van der Waals surface area contributed by atoms with Crippen molar-refractivity contribution < 1.29 is 8.78 Å². The molecule has 1 aliphatic heterocycles. The second-order valence-corrected chi connectivity index (χ2v) is 6.86. The fourth-order valence-corrected chi connectivity index (χ4v) is 3.59. The monoisotopic (exact) mass is 333 g/mol. The summed E-state index contributed by atoms with van der Waals surface area (Å²) in [6.07, 6.45) is 5.53. The van der Waals surface area contributed by atoms with Crippen molar-refractivity contribution in [2.75, 3.05) is 13.1 Å². The van der Waals surface area contributed by atoms with Crippen molar-refractivity contribution >= 4 is 0 Å². The van der Waals surface area contributed by atoms with Crippen molar-refractivity contribution in [1.29, 1.82) is 0 Å². The topological polar surface area (TPSA) is 21.1 Å². The molecule has 2 aromatic rings. The standard InChI is InChI=1S/C19H25F2N3/c1-14-16(11-22-23(14)2)13-24-10-4-5-15(12-24)8-9-17-18(20)6-3-7-19(17)21/h3,6-7,11,15H,4-5,8-10,12-13H2,1-2H3/t15-/m0/s1. The van der Waals surface area contributed by atoms with Crippen molar-refractivity contribution in [3.8, 4) is 0 Å². The molecule has 0 bridgehead atoms. The third-order valence-corrected chi connectivity index (χ3v) is 5.20. The van der Waals surface area contributed by atoms with Gasteiger partial charge in [-0.2, -0.15) is 5.10 Å². The predicted molar refractivity (Wildman–Crippen MR) is 90.6 cm³/mol. The third-order valence-electron chi connectivity index (χ3n) is 5.20. The molecule has 5 heteroatoms. The maximum atomic E-state index is 13.8. The Hall–Kier alpha value is -1.75. The van der Waals surface area contributed by atoms with E-state index in [0.29, 0.717) is 12.3 Å². The number of halogens is 2. The first-order valence-electron chi connectivity index (χ1n) is 8.67. The summed E-state index contributed by atoms with van der Waals surface area (Å²) in [6, 6.07) is 4.11. The van der Waals surface area contributed by atoms with Gasteiger partial charge >= 0.3 is 0 Å².